The quantitative estimate of drug-likeness (QED) is 0.144. The van der Waals surface area contributed by atoms with Gasteiger partial charge in [-0.25, -0.2) is 4.79 Å². The number of hydrogen-bond acceptors (Lipinski definition) is 4. The van der Waals surface area contributed by atoms with Crippen LogP contribution in [-0.4, -0.2) is 25.1 Å². The molecule has 0 unspecified atom stereocenters. The van der Waals surface area contributed by atoms with Crippen molar-refractivity contribution in [2.45, 2.75) is 31.7 Å². The summed E-state index contributed by atoms with van der Waals surface area (Å²) in [6.07, 6.45) is 5.59. The lowest BCUT2D eigenvalue weighted by Gasteiger charge is -2.07. The number of unbranched alkanes of at least 4 members (excludes halogenated alkanes) is 2. The van der Waals surface area contributed by atoms with E-state index in [0.717, 1.165) is 18.4 Å². The minimum atomic E-state index is -2.55. The highest BCUT2D eigenvalue weighted by Gasteiger charge is 2.23. The fourth-order valence-electron chi connectivity index (χ4n) is 1.83. The Balaban J connectivity index is 2.32. The van der Waals surface area contributed by atoms with Gasteiger partial charge in [-0.05, 0) is 36.2 Å². The summed E-state index contributed by atoms with van der Waals surface area (Å²) >= 11 is 17.4. The lowest BCUT2D eigenvalue weighted by atomic mass is 10.2. The number of methoxy groups -OCH3 is 1. The first-order chi connectivity index (χ1) is 11.3. The summed E-state index contributed by atoms with van der Waals surface area (Å²) in [6, 6.07) is 4.88. The van der Waals surface area contributed by atoms with Crippen LogP contribution in [0.1, 0.15) is 31.2 Å². The van der Waals surface area contributed by atoms with Gasteiger partial charge >= 0.3 is 17.9 Å². The van der Waals surface area contributed by atoms with Gasteiger partial charge in [0.15, 0.2) is 0 Å². The normalized spacial score (nSPS) is 11.5. The summed E-state index contributed by atoms with van der Waals surface area (Å²) in [4.78, 5) is 22.7. The number of carbonyl (C=O) groups is 2. The summed E-state index contributed by atoms with van der Waals surface area (Å²) in [5.41, 5.74) is 0.802. The molecule has 24 heavy (non-hydrogen) atoms. The Kier molecular flexibility index (Phi) is 9.44. The van der Waals surface area contributed by atoms with E-state index in [9.17, 15) is 9.59 Å². The highest BCUT2D eigenvalue weighted by atomic mass is 35.8. The van der Waals surface area contributed by atoms with E-state index in [4.69, 9.17) is 38.0 Å². The van der Waals surface area contributed by atoms with E-state index in [0.29, 0.717) is 24.6 Å². The van der Waals surface area contributed by atoms with Crippen LogP contribution in [0.3, 0.4) is 0 Å². The first-order valence-corrected chi connectivity index (χ1v) is 12.7. The lowest BCUT2D eigenvalue weighted by molar-refractivity contribution is -0.135. The SMILES string of the molecule is COC(=O)/C=C/c1ccc(OC(=O)CCCCC[Si](Cl)(Cl)Cl)cc1. The Labute approximate surface area is 156 Å². The van der Waals surface area contributed by atoms with Gasteiger partial charge in [0.2, 0.25) is 0 Å². The average molecular weight is 410 g/mol. The molecule has 0 atom stereocenters. The zero-order chi connectivity index (χ0) is 18.0. The summed E-state index contributed by atoms with van der Waals surface area (Å²) < 4.78 is 9.75. The molecule has 1 aromatic rings. The van der Waals surface area contributed by atoms with Crippen LogP contribution in [-0.2, 0) is 14.3 Å². The largest absolute Gasteiger partial charge is 0.466 e. The molecule has 0 bridgehead atoms. The maximum atomic E-state index is 11.7. The Morgan fingerprint density at radius 1 is 1.08 bits per heavy atom. The molecular weight excluding hydrogens is 391 g/mol. The zero-order valence-corrected chi connectivity index (χ0v) is 16.5. The van der Waals surface area contributed by atoms with Crippen molar-refractivity contribution in [1.29, 1.82) is 0 Å². The second-order valence-electron chi connectivity index (χ2n) is 5.08. The molecule has 0 amide bonds. The second kappa shape index (κ2) is 10.8. The Hall–Kier alpha value is -1.01. The summed E-state index contributed by atoms with van der Waals surface area (Å²) in [6.45, 7) is 0. The van der Waals surface area contributed by atoms with Crippen molar-refractivity contribution < 1.29 is 19.1 Å². The van der Waals surface area contributed by atoms with Crippen LogP contribution in [0.15, 0.2) is 30.3 Å². The van der Waals surface area contributed by atoms with Gasteiger partial charge in [-0.1, -0.05) is 25.0 Å². The van der Waals surface area contributed by atoms with Crippen molar-refractivity contribution in [1.82, 2.24) is 0 Å². The van der Waals surface area contributed by atoms with Crippen LogP contribution in [0.25, 0.3) is 6.08 Å². The van der Waals surface area contributed by atoms with Crippen molar-refractivity contribution in [3.05, 3.63) is 35.9 Å². The third-order valence-electron chi connectivity index (χ3n) is 3.07. The molecule has 4 nitrogen and oxygen atoms in total. The monoisotopic (exact) mass is 408 g/mol. The first kappa shape index (κ1) is 21.0. The molecule has 0 heterocycles. The van der Waals surface area contributed by atoms with E-state index in [-0.39, 0.29) is 5.97 Å². The van der Waals surface area contributed by atoms with Gasteiger partial charge in [0.05, 0.1) is 7.11 Å². The molecule has 0 fully saturated rings. The van der Waals surface area contributed by atoms with Gasteiger partial charge in [-0.3, -0.25) is 4.79 Å². The number of hydrogen-bond donors (Lipinski definition) is 0. The van der Waals surface area contributed by atoms with Gasteiger partial charge in [0.25, 0.3) is 0 Å². The van der Waals surface area contributed by atoms with Crippen molar-refractivity contribution in [2.75, 3.05) is 7.11 Å². The third kappa shape index (κ3) is 9.98. The molecule has 1 aromatic carbocycles. The fourth-order valence-corrected chi connectivity index (χ4v) is 3.69. The lowest BCUT2D eigenvalue weighted by Crippen LogP contribution is -2.09. The number of esters is 2. The van der Waals surface area contributed by atoms with Crippen molar-refractivity contribution in [3.63, 3.8) is 0 Å². The molecular formula is C16H19Cl3O4Si. The van der Waals surface area contributed by atoms with E-state index < -0.39 is 12.0 Å². The average Bonchev–Trinajstić information content (AvgIpc) is 2.52. The van der Waals surface area contributed by atoms with Crippen molar-refractivity contribution >= 4 is 57.3 Å². The first-order valence-electron chi connectivity index (χ1n) is 7.43. The number of rotatable bonds is 9. The summed E-state index contributed by atoms with van der Waals surface area (Å²) in [5.74, 6) is -0.259. The van der Waals surface area contributed by atoms with E-state index in [1.54, 1.807) is 30.3 Å². The molecule has 0 saturated carbocycles. The van der Waals surface area contributed by atoms with E-state index >= 15 is 0 Å². The van der Waals surface area contributed by atoms with Crippen molar-refractivity contribution in [3.8, 4) is 5.75 Å². The van der Waals surface area contributed by atoms with E-state index in [1.165, 1.54) is 13.2 Å². The maximum Gasteiger partial charge on any atom is 0.341 e. The maximum absolute atomic E-state index is 11.7. The third-order valence-corrected chi connectivity index (χ3v) is 5.69. The fraction of sp³-hybridized carbons (Fsp3) is 0.375. The molecule has 0 aliphatic heterocycles. The molecule has 0 aliphatic rings. The molecule has 0 N–H and O–H groups in total. The van der Waals surface area contributed by atoms with E-state index in [1.807, 2.05) is 0 Å². The van der Waals surface area contributed by atoms with E-state index in [2.05, 4.69) is 4.74 Å². The molecule has 1 rings (SSSR count). The summed E-state index contributed by atoms with van der Waals surface area (Å²) in [5, 5.41) is 0. The molecule has 0 aliphatic carbocycles. The van der Waals surface area contributed by atoms with Gasteiger partial charge in [-0.2, -0.15) is 0 Å². The highest BCUT2D eigenvalue weighted by molar-refractivity contribution is 7.64. The molecule has 0 spiro atoms. The van der Waals surface area contributed by atoms with Crippen molar-refractivity contribution in [2.24, 2.45) is 0 Å². The predicted octanol–water partition coefficient (Wildman–Crippen LogP) is 4.99. The second-order valence-corrected chi connectivity index (χ2v) is 14.4. The molecule has 0 saturated heterocycles. The Bertz CT molecular complexity index is 568. The minimum Gasteiger partial charge on any atom is -0.466 e. The highest BCUT2D eigenvalue weighted by Crippen LogP contribution is 2.27. The van der Waals surface area contributed by atoms with Crippen LogP contribution in [0.2, 0.25) is 6.04 Å². The van der Waals surface area contributed by atoms with Gasteiger partial charge in [0, 0.05) is 12.5 Å². The topological polar surface area (TPSA) is 52.6 Å². The van der Waals surface area contributed by atoms with Gasteiger partial charge in [0.1, 0.15) is 5.75 Å². The van der Waals surface area contributed by atoms with Crippen LogP contribution in [0.4, 0.5) is 0 Å². The van der Waals surface area contributed by atoms with Crippen LogP contribution in [0.5, 0.6) is 5.75 Å². The molecule has 0 radical (unpaired) electrons. The van der Waals surface area contributed by atoms with Crippen LogP contribution < -0.4 is 4.74 Å². The van der Waals surface area contributed by atoms with Gasteiger partial charge < -0.3 is 9.47 Å². The smallest absolute Gasteiger partial charge is 0.341 e. The minimum absolute atomic E-state index is 0.293. The number of carbonyl (C=O) groups excluding carboxylic acids is 2. The number of halogens is 3. The zero-order valence-electron chi connectivity index (χ0n) is 13.3. The molecule has 132 valence electrons. The van der Waals surface area contributed by atoms with Crippen LogP contribution in [0, 0.1) is 0 Å². The Morgan fingerprint density at radius 2 is 1.75 bits per heavy atom. The van der Waals surface area contributed by atoms with Crippen LogP contribution >= 0.6 is 33.2 Å². The Morgan fingerprint density at radius 3 is 2.33 bits per heavy atom. The summed E-state index contributed by atoms with van der Waals surface area (Å²) in [7, 11) is 1.31. The standard InChI is InChI=1S/C16H19Cl3O4Si/c1-22-15(20)11-8-13-6-9-14(10-7-13)23-16(21)5-3-2-4-12-24(17,18)19/h6-11H,2-5,12H2,1H3/b11-8+. The molecule has 0 aromatic heterocycles. The predicted molar refractivity (Wildman–Crippen MR) is 99.7 cm³/mol. The number of benzene rings is 1. The molecule has 8 heteroatoms. The number of ether oxygens (including phenoxy) is 2. The van der Waals surface area contributed by atoms with Gasteiger partial charge in [-0.15, -0.1) is 33.2 Å².